The molecule has 0 aliphatic carbocycles. The number of likely N-dealkylation sites (tertiary alicyclic amines) is 1. The van der Waals surface area contributed by atoms with E-state index in [0.717, 1.165) is 49.8 Å². The van der Waals surface area contributed by atoms with Crippen LogP contribution in [0.4, 0.5) is 5.82 Å². The molecule has 112 valence electrons. The van der Waals surface area contributed by atoms with Gasteiger partial charge in [-0.2, -0.15) is 0 Å². The van der Waals surface area contributed by atoms with Crippen LogP contribution in [0.15, 0.2) is 6.07 Å². The number of aromatic nitrogens is 2. The lowest BCUT2D eigenvalue weighted by Crippen LogP contribution is -2.30. The van der Waals surface area contributed by atoms with Gasteiger partial charge in [-0.05, 0) is 46.1 Å². The van der Waals surface area contributed by atoms with Crippen molar-refractivity contribution in [1.29, 1.82) is 0 Å². The van der Waals surface area contributed by atoms with E-state index in [4.69, 9.17) is 5.11 Å². The lowest BCUT2D eigenvalue weighted by Gasteiger charge is -2.23. The van der Waals surface area contributed by atoms with Crippen LogP contribution in [0.3, 0.4) is 0 Å². The summed E-state index contributed by atoms with van der Waals surface area (Å²) in [7, 11) is 0. The number of nitrogens with one attached hydrogen (secondary N) is 1. The van der Waals surface area contributed by atoms with Crippen molar-refractivity contribution in [2.24, 2.45) is 0 Å². The maximum Gasteiger partial charge on any atom is 0.144 e. The molecule has 1 aliphatic rings. The maximum absolute atomic E-state index is 8.98. The number of hydrogen-bond donors (Lipinski definition) is 2. The Labute approximate surface area is 121 Å². The van der Waals surface area contributed by atoms with E-state index in [-0.39, 0.29) is 6.61 Å². The van der Waals surface area contributed by atoms with E-state index in [9.17, 15) is 0 Å². The number of aliphatic hydroxyl groups excluding tert-OH is 1. The van der Waals surface area contributed by atoms with Gasteiger partial charge in [0.05, 0.1) is 6.54 Å². The fourth-order valence-corrected chi connectivity index (χ4v) is 2.91. The van der Waals surface area contributed by atoms with E-state index >= 15 is 0 Å². The summed E-state index contributed by atoms with van der Waals surface area (Å²) < 4.78 is 0. The average Bonchev–Trinajstić information content (AvgIpc) is 2.83. The van der Waals surface area contributed by atoms with Gasteiger partial charge >= 0.3 is 0 Å². The lowest BCUT2D eigenvalue weighted by atomic mass is 10.1. The van der Waals surface area contributed by atoms with Gasteiger partial charge in [0.25, 0.3) is 0 Å². The molecule has 2 heterocycles. The van der Waals surface area contributed by atoms with Crippen LogP contribution in [0.2, 0.25) is 0 Å². The molecule has 1 aromatic heterocycles. The second kappa shape index (κ2) is 7.55. The van der Waals surface area contributed by atoms with E-state index in [1.165, 1.54) is 12.8 Å². The topological polar surface area (TPSA) is 61.3 Å². The summed E-state index contributed by atoms with van der Waals surface area (Å²) in [5.41, 5.74) is 1.01. The third-order valence-electron chi connectivity index (χ3n) is 3.80. The molecule has 2 rings (SSSR count). The zero-order valence-corrected chi connectivity index (χ0v) is 12.6. The van der Waals surface area contributed by atoms with Crippen LogP contribution in [-0.4, -0.2) is 45.7 Å². The Balaban J connectivity index is 2.01. The van der Waals surface area contributed by atoms with Crippen LogP contribution in [0, 0.1) is 6.92 Å². The molecule has 5 nitrogen and oxygen atoms in total. The SMILES string of the molecule is CCNc1cc(C)nc(CN2CCCC2CCCO)n1. The predicted molar refractivity (Wildman–Crippen MR) is 80.7 cm³/mol. The molecule has 0 aromatic carbocycles. The zero-order valence-electron chi connectivity index (χ0n) is 12.6. The van der Waals surface area contributed by atoms with Gasteiger partial charge in [-0.25, -0.2) is 9.97 Å². The number of aliphatic hydroxyl groups is 1. The van der Waals surface area contributed by atoms with Gasteiger partial charge in [-0.1, -0.05) is 0 Å². The summed E-state index contributed by atoms with van der Waals surface area (Å²) in [4.78, 5) is 11.6. The first-order valence-corrected chi connectivity index (χ1v) is 7.66. The summed E-state index contributed by atoms with van der Waals surface area (Å²) in [6, 6.07) is 2.56. The quantitative estimate of drug-likeness (QED) is 0.798. The highest BCUT2D eigenvalue weighted by Gasteiger charge is 2.24. The minimum Gasteiger partial charge on any atom is -0.396 e. The van der Waals surface area contributed by atoms with Crippen molar-refractivity contribution >= 4 is 5.82 Å². The number of nitrogens with zero attached hydrogens (tertiary/aromatic N) is 3. The molecule has 0 bridgehead atoms. The second-order valence-corrected chi connectivity index (χ2v) is 5.47. The van der Waals surface area contributed by atoms with E-state index in [2.05, 4.69) is 27.1 Å². The van der Waals surface area contributed by atoms with Crippen molar-refractivity contribution in [2.45, 2.75) is 52.1 Å². The largest absolute Gasteiger partial charge is 0.396 e. The molecular formula is C15H26N4O. The normalized spacial score (nSPS) is 19.4. The van der Waals surface area contributed by atoms with Gasteiger partial charge < -0.3 is 10.4 Å². The van der Waals surface area contributed by atoms with Gasteiger partial charge in [0, 0.05) is 31.0 Å². The number of hydrogen-bond acceptors (Lipinski definition) is 5. The fourth-order valence-electron chi connectivity index (χ4n) is 2.91. The summed E-state index contributed by atoms with van der Waals surface area (Å²) in [6.07, 6.45) is 4.43. The number of anilines is 1. The molecule has 1 fully saturated rings. The smallest absolute Gasteiger partial charge is 0.144 e. The van der Waals surface area contributed by atoms with Crippen LogP contribution in [0.1, 0.15) is 44.1 Å². The van der Waals surface area contributed by atoms with Crippen LogP contribution in [0.25, 0.3) is 0 Å². The van der Waals surface area contributed by atoms with Crippen molar-refractivity contribution in [3.8, 4) is 0 Å². The molecule has 1 unspecified atom stereocenters. The molecule has 1 atom stereocenters. The molecule has 20 heavy (non-hydrogen) atoms. The predicted octanol–water partition coefficient (Wildman–Crippen LogP) is 1.95. The van der Waals surface area contributed by atoms with Gasteiger partial charge in [-0.3, -0.25) is 4.90 Å². The summed E-state index contributed by atoms with van der Waals surface area (Å²) in [5.74, 6) is 1.82. The molecule has 1 aromatic rings. The van der Waals surface area contributed by atoms with Crippen molar-refractivity contribution in [1.82, 2.24) is 14.9 Å². The Morgan fingerprint density at radius 3 is 3.05 bits per heavy atom. The Kier molecular flexibility index (Phi) is 5.73. The van der Waals surface area contributed by atoms with Crippen LogP contribution < -0.4 is 5.32 Å². The molecular weight excluding hydrogens is 252 g/mol. The Bertz CT molecular complexity index is 424. The molecule has 0 amide bonds. The van der Waals surface area contributed by atoms with E-state index < -0.39 is 0 Å². The first kappa shape index (κ1) is 15.2. The van der Waals surface area contributed by atoms with Gasteiger partial charge in [0.1, 0.15) is 11.6 Å². The Morgan fingerprint density at radius 2 is 2.30 bits per heavy atom. The molecule has 1 aliphatic heterocycles. The lowest BCUT2D eigenvalue weighted by molar-refractivity contribution is 0.206. The monoisotopic (exact) mass is 278 g/mol. The average molecular weight is 278 g/mol. The molecule has 0 saturated carbocycles. The van der Waals surface area contributed by atoms with E-state index in [0.29, 0.717) is 6.04 Å². The van der Waals surface area contributed by atoms with Gasteiger partial charge in [0.15, 0.2) is 0 Å². The van der Waals surface area contributed by atoms with Crippen molar-refractivity contribution in [3.63, 3.8) is 0 Å². The van der Waals surface area contributed by atoms with Crippen LogP contribution in [0.5, 0.6) is 0 Å². The molecule has 2 N–H and O–H groups in total. The van der Waals surface area contributed by atoms with Crippen molar-refractivity contribution < 1.29 is 5.11 Å². The fraction of sp³-hybridized carbons (Fsp3) is 0.733. The second-order valence-electron chi connectivity index (χ2n) is 5.47. The van der Waals surface area contributed by atoms with Crippen LogP contribution >= 0.6 is 0 Å². The third-order valence-corrected chi connectivity index (χ3v) is 3.80. The minimum absolute atomic E-state index is 0.288. The highest BCUT2D eigenvalue weighted by molar-refractivity contribution is 5.35. The standard InChI is InChI=1S/C15H26N4O/c1-3-16-14-10-12(2)17-15(18-14)11-19-8-4-6-13(19)7-5-9-20/h10,13,20H,3-9,11H2,1-2H3,(H,16,17,18). The summed E-state index contributed by atoms with van der Waals surface area (Å²) >= 11 is 0. The molecule has 5 heteroatoms. The Morgan fingerprint density at radius 1 is 1.45 bits per heavy atom. The van der Waals surface area contributed by atoms with E-state index in [1.807, 2.05) is 13.0 Å². The van der Waals surface area contributed by atoms with Gasteiger partial charge in [0.2, 0.25) is 0 Å². The summed E-state index contributed by atoms with van der Waals surface area (Å²) in [5, 5.41) is 12.2. The van der Waals surface area contributed by atoms with Crippen molar-refractivity contribution in [2.75, 3.05) is 25.0 Å². The molecule has 1 saturated heterocycles. The molecule has 0 spiro atoms. The minimum atomic E-state index is 0.288. The summed E-state index contributed by atoms with van der Waals surface area (Å²) in [6.45, 7) is 7.18. The Hall–Kier alpha value is -1.20. The van der Waals surface area contributed by atoms with E-state index in [1.54, 1.807) is 0 Å². The molecule has 0 radical (unpaired) electrons. The van der Waals surface area contributed by atoms with Crippen molar-refractivity contribution in [3.05, 3.63) is 17.6 Å². The number of aryl methyl sites for hydroxylation is 1. The highest BCUT2D eigenvalue weighted by atomic mass is 16.2. The highest BCUT2D eigenvalue weighted by Crippen LogP contribution is 2.23. The first-order valence-electron chi connectivity index (χ1n) is 7.66. The number of rotatable bonds is 7. The zero-order chi connectivity index (χ0) is 14.4. The van der Waals surface area contributed by atoms with Gasteiger partial charge in [-0.15, -0.1) is 0 Å². The maximum atomic E-state index is 8.98. The van der Waals surface area contributed by atoms with Crippen LogP contribution in [-0.2, 0) is 6.54 Å². The third kappa shape index (κ3) is 4.15. The first-order chi connectivity index (χ1) is 9.72.